The topological polar surface area (TPSA) is 41.1 Å². The number of aromatic nitrogens is 2. The molecule has 15 heavy (non-hydrogen) atoms. The second-order valence-corrected chi connectivity index (χ2v) is 4.55. The molecule has 1 aliphatic carbocycles. The SMILES string of the molecule is CC1CC(Nc2ccnc(N(C)C)n2)C1. The summed E-state index contributed by atoms with van der Waals surface area (Å²) in [6.45, 7) is 2.28. The largest absolute Gasteiger partial charge is 0.367 e. The molecule has 1 fully saturated rings. The highest BCUT2D eigenvalue weighted by molar-refractivity contribution is 5.41. The van der Waals surface area contributed by atoms with Crippen LogP contribution < -0.4 is 10.2 Å². The average molecular weight is 206 g/mol. The summed E-state index contributed by atoms with van der Waals surface area (Å²) in [4.78, 5) is 10.5. The summed E-state index contributed by atoms with van der Waals surface area (Å²) >= 11 is 0. The highest BCUT2D eigenvalue weighted by Crippen LogP contribution is 2.28. The molecule has 1 heterocycles. The molecule has 1 aromatic rings. The van der Waals surface area contributed by atoms with Gasteiger partial charge in [0.05, 0.1) is 0 Å². The van der Waals surface area contributed by atoms with Crippen LogP contribution in [0.25, 0.3) is 0 Å². The van der Waals surface area contributed by atoms with Crippen LogP contribution in [0.3, 0.4) is 0 Å². The summed E-state index contributed by atoms with van der Waals surface area (Å²) in [5.74, 6) is 2.55. The Balaban J connectivity index is 1.99. The molecule has 0 spiro atoms. The fourth-order valence-corrected chi connectivity index (χ4v) is 1.87. The first-order valence-corrected chi connectivity index (χ1v) is 5.42. The number of rotatable bonds is 3. The molecule has 4 heteroatoms. The van der Waals surface area contributed by atoms with E-state index in [-0.39, 0.29) is 0 Å². The minimum absolute atomic E-state index is 0.602. The van der Waals surface area contributed by atoms with E-state index in [1.165, 1.54) is 12.8 Å². The third kappa shape index (κ3) is 2.37. The van der Waals surface area contributed by atoms with Gasteiger partial charge in [0.2, 0.25) is 5.95 Å². The van der Waals surface area contributed by atoms with Gasteiger partial charge in [-0.05, 0) is 24.8 Å². The van der Waals surface area contributed by atoms with Crippen molar-refractivity contribution in [1.29, 1.82) is 0 Å². The molecule has 2 rings (SSSR count). The van der Waals surface area contributed by atoms with E-state index in [1.54, 1.807) is 6.20 Å². The molecule has 1 aliphatic rings. The summed E-state index contributed by atoms with van der Waals surface area (Å²) < 4.78 is 0. The molecular weight excluding hydrogens is 188 g/mol. The molecule has 0 aromatic carbocycles. The van der Waals surface area contributed by atoms with Crippen molar-refractivity contribution in [2.75, 3.05) is 24.3 Å². The van der Waals surface area contributed by atoms with Gasteiger partial charge in [-0.2, -0.15) is 4.98 Å². The van der Waals surface area contributed by atoms with Crippen molar-refractivity contribution in [1.82, 2.24) is 9.97 Å². The molecule has 0 amide bonds. The number of nitrogens with one attached hydrogen (secondary N) is 1. The lowest BCUT2D eigenvalue weighted by atomic mass is 9.82. The first kappa shape index (κ1) is 10.2. The number of anilines is 2. The van der Waals surface area contributed by atoms with E-state index in [4.69, 9.17) is 0 Å². The summed E-state index contributed by atoms with van der Waals surface area (Å²) in [6, 6.07) is 2.53. The van der Waals surface area contributed by atoms with E-state index in [2.05, 4.69) is 22.2 Å². The first-order chi connectivity index (χ1) is 7.15. The van der Waals surface area contributed by atoms with Crippen LogP contribution in [-0.2, 0) is 0 Å². The van der Waals surface area contributed by atoms with Crippen LogP contribution in [0, 0.1) is 5.92 Å². The zero-order chi connectivity index (χ0) is 10.8. The van der Waals surface area contributed by atoms with E-state index in [1.807, 2.05) is 25.1 Å². The third-order valence-electron chi connectivity index (χ3n) is 2.77. The van der Waals surface area contributed by atoms with E-state index < -0.39 is 0 Å². The molecule has 0 saturated heterocycles. The van der Waals surface area contributed by atoms with Crippen molar-refractivity contribution >= 4 is 11.8 Å². The van der Waals surface area contributed by atoms with Gasteiger partial charge in [0.15, 0.2) is 0 Å². The lowest BCUT2D eigenvalue weighted by Gasteiger charge is -2.33. The van der Waals surface area contributed by atoms with Crippen LogP contribution >= 0.6 is 0 Å². The van der Waals surface area contributed by atoms with Crippen LogP contribution in [0.5, 0.6) is 0 Å². The summed E-state index contributed by atoms with van der Waals surface area (Å²) in [7, 11) is 3.90. The predicted molar refractivity (Wildman–Crippen MR) is 62.2 cm³/mol. The minimum atomic E-state index is 0.602. The molecule has 82 valence electrons. The lowest BCUT2D eigenvalue weighted by molar-refractivity contribution is 0.308. The Bertz CT molecular complexity index is 331. The van der Waals surface area contributed by atoms with Crippen molar-refractivity contribution in [3.63, 3.8) is 0 Å². The molecule has 0 bridgehead atoms. The van der Waals surface area contributed by atoms with Crippen LogP contribution in [0.1, 0.15) is 19.8 Å². The van der Waals surface area contributed by atoms with E-state index >= 15 is 0 Å². The highest BCUT2D eigenvalue weighted by Gasteiger charge is 2.25. The molecule has 1 saturated carbocycles. The van der Waals surface area contributed by atoms with Gasteiger partial charge in [0.25, 0.3) is 0 Å². The fourth-order valence-electron chi connectivity index (χ4n) is 1.87. The monoisotopic (exact) mass is 206 g/mol. The van der Waals surface area contributed by atoms with Gasteiger partial charge in [-0.1, -0.05) is 6.92 Å². The Morgan fingerprint density at radius 2 is 2.13 bits per heavy atom. The van der Waals surface area contributed by atoms with Crippen molar-refractivity contribution in [3.05, 3.63) is 12.3 Å². The normalized spacial score (nSPS) is 24.5. The molecule has 0 atom stereocenters. The van der Waals surface area contributed by atoms with Gasteiger partial charge in [-0.15, -0.1) is 0 Å². The Labute approximate surface area is 90.7 Å². The molecule has 1 aromatic heterocycles. The first-order valence-electron chi connectivity index (χ1n) is 5.42. The lowest BCUT2D eigenvalue weighted by Crippen LogP contribution is -2.34. The van der Waals surface area contributed by atoms with Crippen LogP contribution in [0.2, 0.25) is 0 Å². The van der Waals surface area contributed by atoms with E-state index in [0.29, 0.717) is 6.04 Å². The fraction of sp³-hybridized carbons (Fsp3) is 0.636. The van der Waals surface area contributed by atoms with E-state index in [9.17, 15) is 0 Å². The predicted octanol–water partition coefficient (Wildman–Crippen LogP) is 1.75. The number of nitrogens with zero attached hydrogens (tertiary/aromatic N) is 3. The Hall–Kier alpha value is -1.32. The smallest absolute Gasteiger partial charge is 0.226 e. The summed E-state index contributed by atoms with van der Waals surface area (Å²) in [5.41, 5.74) is 0. The molecule has 0 unspecified atom stereocenters. The zero-order valence-electron chi connectivity index (χ0n) is 9.57. The van der Waals surface area contributed by atoms with Crippen LogP contribution in [0.15, 0.2) is 12.3 Å². The quantitative estimate of drug-likeness (QED) is 0.818. The third-order valence-corrected chi connectivity index (χ3v) is 2.77. The number of hydrogen-bond donors (Lipinski definition) is 1. The Morgan fingerprint density at radius 1 is 1.40 bits per heavy atom. The van der Waals surface area contributed by atoms with Crippen LogP contribution in [-0.4, -0.2) is 30.1 Å². The second kappa shape index (κ2) is 4.04. The standard InChI is InChI=1S/C11H18N4/c1-8-6-9(7-8)13-10-4-5-12-11(14-10)15(2)3/h4-5,8-9H,6-7H2,1-3H3,(H,12,13,14). The minimum Gasteiger partial charge on any atom is -0.367 e. The summed E-state index contributed by atoms with van der Waals surface area (Å²) in [5, 5.41) is 3.43. The molecule has 1 N–H and O–H groups in total. The molecule has 4 nitrogen and oxygen atoms in total. The van der Waals surface area contributed by atoms with Gasteiger partial charge in [-0.25, -0.2) is 4.98 Å². The molecule has 0 aliphatic heterocycles. The zero-order valence-corrected chi connectivity index (χ0v) is 9.57. The maximum Gasteiger partial charge on any atom is 0.226 e. The molecular formula is C11H18N4. The Morgan fingerprint density at radius 3 is 2.73 bits per heavy atom. The number of hydrogen-bond acceptors (Lipinski definition) is 4. The van der Waals surface area contributed by atoms with Crippen molar-refractivity contribution in [3.8, 4) is 0 Å². The summed E-state index contributed by atoms with van der Waals surface area (Å²) in [6.07, 6.45) is 4.30. The average Bonchev–Trinajstić information content (AvgIpc) is 2.16. The van der Waals surface area contributed by atoms with Crippen molar-refractivity contribution in [2.24, 2.45) is 5.92 Å². The van der Waals surface area contributed by atoms with Crippen LogP contribution in [0.4, 0.5) is 11.8 Å². The van der Waals surface area contributed by atoms with Gasteiger partial charge in [0, 0.05) is 26.3 Å². The van der Waals surface area contributed by atoms with Gasteiger partial charge in [-0.3, -0.25) is 0 Å². The van der Waals surface area contributed by atoms with Crippen molar-refractivity contribution < 1.29 is 0 Å². The van der Waals surface area contributed by atoms with Gasteiger partial charge >= 0.3 is 0 Å². The molecule has 0 radical (unpaired) electrons. The highest BCUT2D eigenvalue weighted by atomic mass is 15.2. The van der Waals surface area contributed by atoms with E-state index in [0.717, 1.165) is 17.7 Å². The Kier molecular flexibility index (Phi) is 2.75. The maximum absolute atomic E-state index is 4.42. The maximum atomic E-state index is 4.42. The second-order valence-electron chi connectivity index (χ2n) is 4.55. The van der Waals surface area contributed by atoms with Gasteiger partial charge < -0.3 is 10.2 Å². The van der Waals surface area contributed by atoms with Gasteiger partial charge in [0.1, 0.15) is 5.82 Å². The van der Waals surface area contributed by atoms with Crippen molar-refractivity contribution in [2.45, 2.75) is 25.8 Å².